The normalized spacial score (nSPS) is 11.4. The van der Waals surface area contributed by atoms with Gasteiger partial charge in [0.05, 0.1) is 6.61 Å². The Morgan fingerprint density at radius 2 is 2.06 bits per heavy atom. The Morgan fingerprint density at radius 1 is 1.47 bits per heavy atom. The van der Waals surface area contributed by atoms with E-state index in [0.717, 1.165) is 12.1 Å². The largest absolute Gasteiger partial charge is 0.506 e. The van der Waals surface area contributed by atoms with Gasteiger partial charge >= 0.3 is 5.97 Å². The van der Waals surface area contributed by atoms with E-state index in [0.29, 0.717) is 0 Å². The summed E-state index contributed by atoms with van der Waals surface area (Å²) in [4.78, 5) is 11.3. The van der Waals surface area contributed by atoms with Crippen molar-refractivity contribution < 1.29 is 19.0 Å². The maximum atomic E-state index is 12.7. The molecule has 0 saturated heterocycles. The lowest BCUT2D eigenvalue weighted by atomic mass is 10.1. The van der Waals surface area contributed by atoms with Gasteiger partial charge in [0.15, 0.2) is 5.57 Å². The molecular weight excluding hydrogens is 225 g/mol. The Bertz CT molecular complexity index is 485. The van der Waals surface area contributed by atoms with Crippen LogP contribution >= 0.6 is 0 Å². The maximum Gasteiger partial charge on any atom is 0.352 e. The summed E-state index contributed by atoms with van der Waals surface area (Å²) in [6.07, 6.45) is 0. The molecule has 17 heavy (non-hydrogen) atoms. The molecule has 0 aliphatic heterocycles. The molecule has 0 spiro atoms. The van der Waals surface area contributed by atoms with Gasteiger partial charge in [-0.05, 0) is 31.2 Å². The number of hydrogen-bond acceptors (Lipinski definition) is 4. The number of hydrogen-bond donors (Lipinski definition) is 1. The molecule has 0 aromatic heterocycles. The zero-order valence-corrected chi connectivity index (χ0v) is 9.11. The Hall–Kier alpha value is -2.35. The number of rotatable bonds is 3. The summed E-state index contributed by atoms with van der Waals surface area (Å²) in [6, 6.07) is 6.32. The van der Waals surface area contributed by atoms with Crippen LogP contribution in [-0.2, 0) is 9.53 Å². The number of aliphatic hydroxyl groups is 1. The summed E-state index contributed by atoms with van der Waals surface area (Å²) < 4.78 is 17.3. The molecule has 0 bridgehead atoms. The number of benzene rings is 1. The van der Waals surface area contributed by atoms with E-state index in [1.807, 2.05) is 0 Å². The van der Waals surface area contributed by atoms with Crippen molar-refractivity contribution in [3.8, 4) is 6.07 Å². The Labute approximate surface area is 97.6 Å². The van der Waals surface area contributed by atoms with E-state index in [9.17, 15) is 14.3 Å². The smallest absolute Gasteiger partial charge is 0.352 e. The van der Waals surface area contributed by atoms with Crippen LogP contribution in [0.2, 0.25) is 0 Å². The van der Waals surface area contributed by atoms with Crippen LogP contribution in [0, 0.1) is 17.1 Å². The molecule has 1 aromatic rings. The summed E-state index contributed by atoms with van der Waals surface area (Å²) in [5, 5.41) is 18.5. The molecule has 0 heterocycles. The van der Waals surface area contributed by atoms with Crippen LogP contribution in [0.1, 0.15) is 12.5 Å². The fourth-order valence-electron chi connectivity index (χ4n) is 1.15. The number of esters is 1. The summed E-state index contributed by atoms with van der Waals surface area (Å²) in [7, 11) is 0. The maximum absolute atomic E-state index is 12.7. The zero-order chi connectivity index (χ0) is 12.8. The number of nitriles is 1. The molecule has 0 amide bonds. The van der Waals surface area contributed by atoms with Gasteiger partial charge in [0.2, 0.25) is 0 Å². The average molecular weight is 235 g/mol. The molecule has 0 unspecified atom stereocenters. The number of ether oxygens (including phenoxy) is 1. The summed E-state index contributed by atoms with van der Waals surface area (Å²) in [5.74, 6) is -1.90. The average Bonchev–Trinajstić information content (AvgIpc) is 2.31. The first kappa shape index (κ1) is 12.7. The van der Waals surface area contributed by atoms with Crippen LogP contribution in [0.15, 0.2) is 29.8 Å². The highest BCUT2D eigenvalue weighted by Gasteiger charge is 2.17. The third kappa shape index (κ3) is 3.05. The van der Waals surface area contributed by atoms with E-state index in [4.69, 9.17) is 5.26 Å². The lowest BCUT2D eigenvalue weighted by Gasteiger charge is -2.04. The summed E-state index contributed by atoms with van der Waals surface area (Å²) in [5.41, 5.74) is -0.325. The molecule has 88 valence electrons. The van der Waals surface area contributed by atoms with Gasteiger partial charge in [-0.2, -0.15) is 5.26 Å². The third-order valence-electron chi connectivity index (χ3n) is 1.95. The van der Waals surface area contributed by atoms with Gasteiger partial charge in [0, 0.05) is 5.56 Å². The van der Waals surface area contributed by atoms with E-state index in [-0.39, 0.29) is 12.2 Å². The Kier molecular flexibility index (Phi) is 4.23. The first-order valence-corrected chi connectivity index (χ1v) is 4.86. The molecule has 0 aliphatic rings. The highest BCUT2D eigenvalue weighted by atomic mass is 19.1. The van der Waals surface area contributed by atoms with Crippen LogP contribution in [0.4, 0.5) is 4.39 Å². The monoisotopic (exact) mass is 235 g/mol. The molecule has 0 saturated carbocycles. The second-order valence-electron chi connectivity index (χ2n) is 3.06. The first-order valence-electron chi connectivity index (χ1n) is 4.86. The molecule has 1 aromatic carbocycles. The predicted octanol–water partition coefficient (Wildman–Crippen LogP) is 2.18. The SMILES string of the molecule is CCOC(=O)C(C#N)=C(O)c1ccc(F)cc1. The van der Waals surface area contributed by atoms with Crippen molar-refractivity contribution in [1.29, 1.82) is 5.26 Å². The fourth-order valence-corrected chi connectivity index (χ4v) is 1.15. The Morgan fingerprint density at radius 3 is 2.53 bits per heavy atom. The fraction of sp³-hybridized carbons (Fsp3) is 0.167. The van der Waals surface area contributed by atoms with Crippen molar-refractivity contribution in [3.05, 3.63) is 41.2 Å². The number of nitrogens with zero attached hydrogens (tertiary/aromatic N) is 1. The van der Waals surface area contributed by atoms with Crippen LogP contribution in [0.5, 0.6) is 0 Å². The van der Waals surface area contributed by atoms with E-state index in [1.54, 1.807) is 13.0 Å². The highest BCUT2D eigenvalue weighted by molar-refractivity contribution is 5.99. The Balaban J connectivity index is 3.13. The van der Waals surface area contributed by atoms with E-state index < -0.39 is 23.1 Å². The van der Waals surface area contributed by atoms with Crippen molar-refractivity contribution in [2.45, 2.75) is 6.92 Å². The van der Waals surface area contributed by atoms with Crippen LogP contribution in [0.25, 0.3) is 5.76 Å². The van der Waals surface area contributed by atoms with Gasteiger partial charge < -0.3 is 9.84 Å². The van der Waals surface area contributed by atoms with Crippen molar-refractivity contribution in [3.63, 3.8) is 0 Å². The van der Waals surface area contributed by atoms with Crippen molar-refractivity contribution in [1.82, 2.24) is 0 Å². The standard InChI is InChI=1S/C12H10FNO3/c1-2-17-12(16)10(7-14)11(15)8-3-5-9(13)6-4-8/h3-6,15H,2H2,1H3. The molecule has 0 aliphatic carbocycles. The minimum absolute atomic E-state index is 0.0979. The summed E-state index contributed by atoms with van der Waals surface area (Å²) in [6.45, 7) is 1.68. The lowest BCUT2D eigenvalue weighted by molar-refractivity contribution is -0.138. The van der Waals surface area contributed by atoms with E-state index >= 15 is 0 Å². The van der Waals surface area contributed by atoms with Crippen molar-refractivity contribution >= 4 is 11.7 Å². The molecule has 4 nitrogen and oxygen atoms in total. The van der Waals surface area contributed by atoms with Gasteiger partial charge in [-0.25, -0.2) is 9.18 Å². The number of carbonyl (C=O) groups is 1. The van der Waals surface area contributed by atoms with E-state index in [2.05, 4.69) is 4.74 Å². The van der Waals surface area contributed by atoms with Crippen LogP contribution in [0.3, 0.4) is 0 Å². The van der Waals surface area contributed by atoms with Crippen molar-refractivity contribution in [2.24, 2.45) is 0 Å². The lowest BCUT2D eigenvalue weighted by Crippen LogP contribution is -2.08. The van der Waals surface area contributed by atoms with Gasteiger partial charge in [-0.15, -0.1) is 0 Å². The van der Waals surface area contributed by atoms with Crippen LogP contribution in [-0.4, -0.2) is 17.7 Å². The minimum atomic E-state index is -0.906. The second kappa shape index (κ2) is 5.66. The molecule has 0 fully saturated rings. The van der Waals surface area contributed by atoms with Crippen LogP contribution < -0.4 is 0 Å². The minimum Gasteiger partial charge on any atom is -0.506 e. The molecular formula is C12H10FNO3. The van der Waals surface area contributed by atoms with Crippen molar-refractivity contribution in [2.75, 3.05) is 6.61 Å². The summed E-state index contributed by atoms with van der Waals surface area (Å²) >= 11 is 0. The molecule has 0 atom stereocenters. The third-order valence-corrected chi connectivity index (χ3v) is 1.95. The highest BCUT2D eigenvalue weighted by Crippen LogP contribution is 2.17. The predicted molar refractivity (Wildman–Crippen MR) is 58.2 cm³/mol. The van der Waals surface area contributed by atoms with Gasteiger partial charge in [0.1, 0.15) is 17.6 Å². The second-order valence-corrected chi connectivity index (χ2v) is 3.06. The number of aliphatic hydroxyl groups excluding tert-OH is 1. The number of halogens is 1. The molecule has 5 heteroatoms. The molecule has 1 N–H and O–H groups in total. The zero-order valence-electron chi connectivity index (χ0n) is 9.11. The quantitative estimate of drug-likeness (QED) is 0.377. The molecule has 1 rings (SSSR count). The number of carbonyl (C=O) groups excluding carboxylic acids is 1. The van der Waals surface area contributed by atoms with Gasteiger partial charge in [-0.1, -0.05) is 0 Å². The molecule has 0 radical (unpaired) electrons. The first-order chi connectivity index (χ1) is 8.10. The van der Waals surface area contributed by atoms with E-state index in [1.165, 1.54) is 12.1 Å². The van der Waals surface area contributed by atoms with Gasteiger partial charge in [0.25, 0.3) is 0 Å². The topological polar surface area (TPSA) is 70.3 Å². The van der Waals surface area contributed by atoms with Gasteiger partial charge in [-0.3, -0.25) is 0 Å².